The van der Waals surface area contributed by atoms with Crippen molar-refractivity contribution in [3.63, 3.8) is 0 Å². The molecule has 0 fully saturated rings. The summed E-state index contributed by atoms with van der Waals surface area (Å²) in [7, 11) is -1.53. The second-order valence-corrected chi connectivity index (χ2v) is 5.08. The normalized spacial score (nSPS) is 10.9. The van der Waals surface area contributed by atoms with Gasteiger partial charge in [-0.15, -0.1) is 0 Å². The van der Waals surface area contributed by atoms with Gasteiger partial charge in [0.25, 0.3) is 0 Å². The first kappa shape index (κ1) is 9.92. The van der Waals surface area contributed by atoms with Crippen LogP contribution >= 0.6 is 11.3 Å². The van der Waals surface area contributed by atoms with Gasteiger partial charge in [-0.3, -0.25) is 0 Å². The maximum Gasteiger partial charge on any atom is 0.356 e. The highest BCUT2D eigenvalue weighted by atomic mass is 32.1. The van der Waals surface area contributed by atoms with Gasteiger partial charge in [0.2, 0.25) is 0 Å². The van der Waals surface area contributed by atoms with Gasteiger partial charge >= 0.3 is 9.28 Å². The van der Waals surface area contributed by atoms with Gasteiger partial charge in [0.15, 0.2) is 0 Å². The Hall–Kier alpha value is -0.163. The van der Waals surface area contributed by atoms with E-state index in [1.807, 2.05) is 13.8 Å². The predicted octanol–water partition coefficient (Wildman–Crippen LogP) is 1.25. The molecule has 0 spiro atoms. The molecule has 0 bridgehead atoms. The zero-order chi connectivity index (χ0) is 8.81. The molecule has 0 aromatic carbocycles. The van der Waals surface area contributed by atoms with Crippen LogP contribution in [0.5, 0.6) is 0 Å². The quantitative estimate of drug-likeness (QED) is 0.669. The average Bonchev–Trinajstić information content (AvgIpc) is 2.56. The van der Waals surface area contributed by atoms with E-state index >= 15 is 0 Å². The first-order valence-electron chi connectivity index (χ1n) is 4.13. The molecule has 4 heteroatoms. The van der Waals surface area contributed by atoms with Gasteiger partial charge in [-0.05, 0) is 30.7 Å². The van der Waals surface area contributed by atoms with E-state index in [9.17, 15) is 0 Å². The number of hydrogen-bond acceptors (Lipinski definition) is 3. The number of rotatable bonds is 5. The molecule has 1 rings (SSSR count). The highest BCUT2D eigenvalue weighted by Gasteiger charge is 2.14. The maximum absolute atomic E-state index is 5.55. The fourth-order valence-corrected chi connectivity index (χ4v) is 3.66. The average molecular weight is 202 g/mol. The third kappa shape index (κ3) is 2.71. The summed E-state index contributed by atoms with van der Waals surface area (Å²) in [5.41, 5.74) is 0. The number of thiophene rings is 1. The highest BCUT2D eigenvalue weighted by Crippen LogP contribution is 1.98. The van der Waals surface area contributed by atoms with Crippen molar-refractivity contribution in [1.82, 2.24) is 0 Å². The van der Waals surface area contributed by atoms with Crippen molar-refractivity contribution < 1.29 is 8.85 Å². The minimum absolute atomic E-state index is 0.743. The molecule has 0 aliphatic heterocycles. The van der Waals surface area contributed by atoms with Crippen LogP contribution in [0.3, 0.4) is 0 Å². The van der Waals surface area contributed by atoms with Crippen LogP contribution in [0.15, 0.2) is 16.8 Å². The molecular weight excluding hydrogens is 188 g/mol. The molecule has 68 valence electrons. The van der Waals surface area contributed by atoms with Crippen LogP contribution in [0.2, 0.25) is 0 Å². The summed E-state index contributed by atoms with van der Waals surface area (Å²) in [6, 6.07) is 2.09. The summed E-state index contributed by atoms with van der Waals surface area (Å²) < 4.78 is 11.1. The topological polar surface area (TPSA) is 18.5 Å². The van der Waals surface area contributed by atoms with Crippen molar-refractivity contribution in [2.24, 2.45) is 0 Å². The van der Waals surface area contributed by atoms with Gasteiger partial charge < -0.3 is 8.85 Å². The molecule has 0 atom stereocenters. The Labute approximate surface area is 79.0 Å². The van der Waals surface area contributed by atoms with E-state index in [4.69, 9.17) is 8.85 Å². The molecule has 1 aromatic rings. The van der Waals surface area contributed by atoms with Crippen molar-refractivity contribution in [2.75, 3.05) is 13.2 Å². The van der Waals surface area contributed by atoms with Crippen LogP contribution in [-0.4, -0.2) is 22.5 Å². The van der Waals surface area contributed by atoms with Crippen LogP contribution < -0.4 is 5.19 Å². The van der Waals surface area contributed by atoms with Crippen molar-refractivity contribution in [2.45, 2.75) is 13.8 Å². The fraction of sp³-hybridized carbons (Fsp3) is 0.500. The molecule has 0 aliphatic carbocycles. The van der Waals surface area contributed by atoms with Gasteiger partial charge in [-0.2, -0.15) is 11.3 Å². The van der Waals surface area contributed by atoms with Crippen LogP contribution in [0, 0.1) is 0 Å². The molecular formula is C8H14O2SSi. The fourth-order valence-electron chi connectivity index (χ4n) is 0.952. The molecule has 0 radical (unpaired) electrons. The third-order valence-corrected chi connectivity index (χ3v) is 4.57. The Balaban J connectivity index is 2.53. The van der Waals surface area contributed by atoms with Gasteiger partial charge in [0, 0.05) is 18.4 Å². The van der Waals surface area contributed by atoms with Gasteiger partial charge in [0.05, 0.1) is 0 Å². The Morgan fingerprint density at radius 3 is 2.42 bits per heavy atom. The van der Waals surface area contributed by atoms with E-state index in [1.165, 1.54) is 5.19 Å². The molecule has 0 aliphatic rings. The summed E-state index contributed by atoms with van der Waals surface area (Å²) in [4.78, 5) is 0. The molecule has 1 aromatic heterocycles. The Morgan fingerprint density at radius 1 is 1.33 bits per heavy atom. The van der Waals surface area contributed by atoms with Gasteiger partial charge in [-0.1, -0.05) is 0 Å². The predicted molar refractivity (Wildman–Crippen MR) is 54.4 cm³/mol. The standard InChI is InChI=1S/C8H14O2SSi/c1-3-9-12(10-4-2)8-5-6-11-7-8/h5-7,12H,3-4H2,1-2H3. The van der Waals surface area contributed by atoms with Crippen LogP contribution in [0.25, 0.3) is 0 Å². The summed E-state index contributed by atoms with van der Waals surface area (Å²) in [5.74, 6) is 0. The molecule has 1 heterocycles. The van der Waals surface area contributed by atoms with Crippen molar-refractivity contribution in [1.29, 1.82) is 0 Å². The largest absolute Gasteiger partial charge is 0.394 e. The molecule has 2 nitrogen and oxygen atoms in total. The van der Waals surface area contributed by atoms with Gasteiger partial charge in [0.1, 0.15) is 0 Å². The van der Waals surface area contributed by atoms with E-state index in [2.05, 4.69) is 16.8 Å². The first-order chi connectivity index (χ1) is 5.88. The Bertz CT molecular complexity index is 195. The number of hydrogen-bond donors (Lipinski definition) is 0. The van der Waals surface area contributed by atoms with Crippen LogP contribution in [0.4, 0.5) is 0 Å². The summed E-state index contributed by atoms with van der Waals surface area (Å²) >= 11 is 1.69. The minimum atomic E-state index is -1.53. The van der Waals surface area contributed by atoms with E-state index in [0.29, 0.717) is 0 Å². The lowest BCUT2D eigenvalue weighted by molar-refractivity contribution is 0.225. The molecule has 0 unspecified atom stereocenters. The maximum atomic E-state index is 5.55. The molecule has 0 saturated carbocycles. The second-order valence-electron chi connectivity index (χ2n) is 2.30. The van der Waals surface area contributed by atoms with Gasteiger partial charge in [-0.25, -0.2) is 0 Å². The Kier molecular flexibility index (Phi) is 4.53. The lowest BCUT2D eigenvalue weighted by Gasteiger charge is -2.12. The molecule has 0 amide bonds. The molecule has 12 heavy (non-hydrogen) atoms. The second kappa shape index (κ2) is 5.48. The van der Waals surface area contributed by atoms with E-state index in [-0.39, 0.29) is 0 Å². The Morgan fingerprint density at radius 2 is 2.00 bits per heavy atom. The monoisotopic (exact) mass is 202 g/mol. The van der Waals surface area contributed by atoms with Crippen LogP contribution in [0.1, 0.15) is 13.8 Å². The SMILES string of the molecule is CCO[SiH](OCC)c1ccsc1. The van der Waals surface area contributed by atoms with Crippen LogP contribution in [-0.2, 0) is 8.85 Å². The van der Waals surface area contributed by atoms with Crippen molar-refractivity contribution in [3.05, 3.63) is 16.8 Å². The van der Waals surface area contributed by atoms with E-state index < -0.39 is 9.28 Å². The molecule has 0 saturated heterocycles. The zero-order valence-corrected chi connectivity index (χ0v) is 9.42. The lowest BCUT2D eigenvalue weighted by atomic mass is 10.7. The zero-order valence-electron chi connectivity index (χ0n) is 7.45. The van der Waals surface area contributed by atoms with E-state index in [0.717, 1.165) is 13.2 Å². The van der Waals surface area contributed by atoms with Crippen molar-refractivity contribution in [3.8, 4) is 0 Å². The summed E-state index contributed by atoms with van der Waals surface area (Å²) in [6.45, 7) is 5.50. The first-order valence-corrected chi connectivity index (χ1v) is 6.60. The van der Waals surface area contributed by atoms with Crippen molar-refractivity contribution >= 4 is 25.8 Å². The molecule has 0 N–H and O–H groups in total. The summed E-state index contributed by atoms with van der Waals surface area (Å²) in [6.07, 6.45) is 0. The lowest BCUT2D eigenvalue weighted by Crippen LogP contribution is -2.35. The highest BCUT2D eigenvalue weighted by molar-refractivity contribution is 7.09. The smallest absolute Gasteiger partial charge is 0.356 e. The third-order valence-electron chi connectivity index (χ3n) is 1.45. The summed E-state index contributed by atoms with van der Waals surface area (Å²) in [5, 5.41) is 5.43. The van der Waals surface area contributed by atoms with E-state index in [1.54, 1.807) is 11.3 Å². The minimum Gasteiger partial charge on any atom is -0.394 e.